The molecule has 0 bridgehead atoms. The topological polar surface area (TPSA) is 65.0 Å². The first-order valence-electron chi connectivity index (χ1n) is 9.29. The Morgan fingerprint density at radius 1 is 1.00 bits per heavy atom. The average Bonchev–Trinajstić information content (AvgIpc) is 3.19. The van der Waals surface area contributed by atoms with Crippen LogP contribution in [0.3, 0.4) is 0 Å². The molecule has 1 aliphatic heterocycles. The minimum Gasteiger partial charge on any atom is -0.496 e. The maximum atomic E-state index is 5.51. The third-order valence-electron chi connectivity index (χ3n) is 4.96. The summed E-state index contributed by atoms with van der Waals surface area (Å²) in [5, 5.41) is 7.55. The molecule has 3 aromatic carbocycles. The molecule has 6 heteroatoms. The Hall–Kier alpha value is -3.80. The maximum Gasteiger partial charge on any atom is 0.231 e. The summed E-state index contributed by atoms with van der Waals surface area (Å²) in [7, 11) is 1.68. The van der Waals surface area contributed by atoms with E-state index in [-0.39, 0.29) is 6.79 Å². The van der Waals surface area contributed by atoms with Crippen LogP contribution in [0.25, 0.3) is 21.7 Å². The number of ether oxygens (including phenoxy) is 3. The molecule has 6 nitrogen and oxygen atoms in total. The Labute approximate surface area is 167 Å². The average molecular weight is 385 g/mol. The summed E-state index contributed by atoms with van der Waals surface area (Å²) < 4.78 is 16.4. The lowest BCUT2D eigenvalue weighted by Crippen LogP contribution is -1.96. The molecular formula is C23H19N3O3. The monoisotopic (exact) mass is 385 g/mol. The Bertz CT molecular complexity index is 1270. The smallest absolute Gasteiger partial charge is 0.231 e. The molecule has 0 aliphatic carbocycles. The minimum atomic E-state index is 0.232. The molecule has 0 amide bonds. The number of hydrogen-bond donors (Lipinski definition) is 1. The highest BCUT2D eigenvalue weighted by Gasteiger charge is 2.16. The van der Waals surface area contributed by atoms with Crippen molar-refractivity contribution in [3.05, 3.63) is 65.9 Å². The zero-order chi connectivity index (χ0) is 19.8. The number of nitrogens with one attached hydrogen (secondary N) is 1. The van der Waals surface area contributed by atoms with Crippen LogP contribution < -0.4 is 19.6 Å². The van der Waals surface area contributed by atoms with Crippen molar-refractivity contribution in [3.8, 4) is 17.2 Å². The Morgan fingerprint density at radius 2 is 1.79 bits per heavy atom. The summed E-state index contributed by atoms with van der Waals surface area (Å²) in [6.45, 7) is 2.19. The predicted octanol–water partition coefficient (Wildman–Crippen LogP) is 4.88. The fraction of sp³-hybridized carbons (Fsp3) is 0.130. The van der Waals surface area contributed by atoms with Gasteiger partial charge in [0.1, 0.15) is 5.75 Å². The van der Waals surface area contributed by atoms with E-state index in [1.807, 2.05) is 61.7 Å². The van der Waals surface area contributed by atoms with Gasteiger partial charge in [0.05, 0.1) is 24.5 Å². The van der Waals surface area contributed by atoms with Crippen molar-refractivity contribution in [2.45, 2.75) is 6.92 Å². The van der Waals surface area contributed by atoms with Crippen LogP contribution in [0.1, 0.15) is 11.3 Å². The van der Waals surface area contributed by atoms with Crippen molar-refractivity contribution in [1.82, 2.24) is 4.98 Å². The molecule has 0 fully saturated rings. The maximum absolute atomic E-state index is 5.51. The van der Waals surface area contributed by atoms with Crippen molar-refractivity contribution < 1.29 is 14.2 Å². The molecule has 0 atom stereocenters. The number of fused-ring (bicyclic) bond motifs is 3. The second-order valence-electron chi connectivity index (χ2n) is 6.81. The van der Waals surface area contributed by atoms with E-state index in [0.717, 1.165) is 55.9 Å². The highest BCUT2D eigenvalue weighted by Crippen LogP contribution is 2.38. The van der Waals surface area contributed by atoms with Gasteiger partial charge in [0.15, 0.2) is 11.5 Å². The second-order valence-corrected chi connectivity index (χ2v) is 6.81. The lowest BCUT2D eigenvalue weighted by molar-refractivity contribution is 0.174. The van der Waals surface area contributed by atoms with E-state index in [2.05, 4.69) is 21.6 Å². The van der Waals surface area contributed by atoms with Gasteiger partial charge in [-0.15, -0.1) is 0 Å². The summed E-state index contributed by atoms with van der Waals surface area (Å²) >= 11 is 0. The minimum absolute atomic E-state index is 0.232. The fourth-order valence-corrected chi connectivity index (χ4v) is 3.60. The predicted molar refractivity (Wildman–Crippen MR) is 114 cm³/mol. The second kappa shape index (κ2) is 6.98. The van der Waals surface area contributed by atoms with Crippen LogP contribution in [0.15, 0.2) is 59.7 Å². The van der Waals surface area contributed by atoms with E-state index in [9.17, 15) is 0 Å². The molecular weight excluding hydrogens is 366 g/mol. The molecule has 0 radical (unpaired) electrons. The molecule has 0 saturated heterocycles. The number of pyridine rings is 1. The van der Waals surface area contributed by atoms with Crippen LogP contribution in [0.4, 0.5) is 5.69 Å². The van der Waals surface area contributed by atoms with Crippen LogP contribution in [0, 0.1) is 6.92 Å². The van der Waals surface area contributed by atoms with Crippen LogP contribution in [0.2, 0.25) is 0 Å². The first-order chi connectivity index (χ1) is 14.2. The first kappa shape index (κ1) is 17.3. The zero-order valence-corrected chi connectivity index (χ0v) is 16.1. The third-order valence-corrected chi connectivity index (χ3v) is 4.96. The normalized spacial score (nSPS) is 12.8. The van der Waals surface area contributed by atoms with E-state index in [4.69, 9.17) is 14.2 Å². The molecule has 0 saturated carbocycles. The van der Waals surface area contributed by atoms with Crippen LogP contribution in [-0.4, -0.2) is 25.1 Å². The van der Waals surface area contributed by atoms with E-state index in [1.165, 1.54) is 0 Å². The van der Waals surface area contributed by atoms with E-state index < -0.39 is 0 Å². The summed E-state index contributed by atoms with van der Waals surface area (Å²) in [6.07, 6.45) is 1.82. The SMILES string of the molecule is COc1ccc(C=NNc2cc(C)nc3cc4c(cc23)OCO4)c2ccccc12. The Morgan fingerprint density at radius 3 is 2.62 bits per heavy atom. The number of aromatic nitrogens is 1. The summed E-state index contributed by atoms with van der Waals surface area (Å²) in [5.74, 6) is 2.28. The van der Waals surface area contributed by atoms with Crippen molar-refractivity contribution >= 4 is 33.6 Å². The number of hydrazone groups is 1. The number of rotatable bonds is 4. The highest BCUT2D eigenvalue weighted by molar-refractivity contribution is 6.02. The molecule has 1 aliphatic rings. The molecule has 0 spiro atoms. The quantitative estimate of drug-likeness (QED) is 0.401. The summed E-state index contributed by atoms with van der Waals surface area (Å²) in [4.78, 5) is 4.60. The molecule has 4 aromatic rings. The first-order valence-corrected chi connectivity index (χ1v) is 9.29. The molecule has 5 rings (SSSR count). The van der Waals surface area contributed by atoms with Crippen LogP contribution in [-0.2, 0) is 0 Å². The molecule has 0 unspecified atom stereocenters. The van der Waals surface area contributed by atoms with Crippen molar-refractivity contribution in [3.63, 3.8) is 0 Å². The van der Waals surface area contributed by atoms with Gasteiger partial charge in [0.2, 0.25) is 6.79 Å². The fourth-order valence-electron chi connectivity index (χ4n) is 3.60. The van der Waals surface area contributed by atoms with E-state index in [0.29, 0.717) is 0 Å². The van der Waals surface area contributed by atoms with Crippen molar-refractivity contribution in [1.29, 1.82) is 0 Å². The molecule has 2 heterocycles. The molecule has 1 N–H and O–H groups in total. The largest absolute Gasteiger partial charge is 0.496 e. The van der Waals surface area contributed by atoms with Crippen molar-refractivity contribution in [2.24, 2.45) is 5.10 Å². The van der Waals surface area contributed by atoms with E-state index in [1.54, 1.807) is 7.11 Å². The lowest BCUT2D eigenvalue weighted by atomic mass is 10.0. The van der Waals surface area contributed by atoms with Gasteiger partial charge in [0, 0.05) is 28.1 Å². The highest BCUT2D eigenvalue weighted by atomic mass is 16.7. The van der Waals surface area contributed by atoms with Gasteiger partial charge in [-0.1, -0.05) is 24.3 Å². The zero-order valence-electron chi connectivity index (χ0n) is 16.1. The van der Waals surface area contributed by atoms with Gasteiger partial charge in [-0.3, -0.25) is 10.4 Å². The van der Waals surface area contributed by atoms with Crippen molar-refractivity contribution in [2.75, 3.05) is 19.3 Å². The van der Waals surface area contributed by atoms with E-state index >= 15 is 0 Å². The lowest BCUT2D eigenvalue weighted by Gasteiger charge is -2.09. The third kappa shape index (κ3) is 3.08. The standard InChI is InChI=1S/C23H19N3O3/c1-14-9-20(18-10-22-23(29-13-28-22)11-19(18)25-14)26-24-12-15-7-8-21(27-2)17-6-4-3-5-16(15)17/h3-12H,13H2,1-2H3,(H,25,26). The molecule has 144 valence electrons. The van der Waals surface area contributed by atoms with Gasteiger partial charge < -0.3 is 14.2 Å². The van der Waals surface area contributed by atoms with Crippen LogP contribution >= 0.6 is 0 Å². The summed E-state index contributed by atoms with van der Waals surface area (Å²) in [5.41, 5.74) is 6.75. The van der Waals surface area contributed by atoms with Gasteiger partial charge in [-0.05, 0) is 36.6 Å². The molecule has 1 aromatic heterocycles. The van der Waals surface area contributed by atoms with Gasteiger partial charge >= 0.3 is 0 Å². The Kier molecular flexibility index (Phi) is 4.17. The van der Waals surface area contributed by atoms with Gasteiger partial charge in [-0.25, -0.2) is 0 Å². The van der Waals surface area contributed by atoms with Gasteiger partial charge in [0.25, 0.3) is 0 Å². The number of hydrogen-bond acceptors (Lipinski definition) is 6. The Balaban J connectivity index is 1.51. The number of anilines is 1. The summed E-state index contributed by atoms with van der Waals surface area (Å²) in [6, 6.07) is 17.9. The number of benzene rings is 3. The van der Waals surface area contributed by atoms with Gasteiger partial charge in [-0.2, -0.15) is 5.10 Å². The van der Waals surface area contributed by atoms with Crippen LogP contribution in [0.5, 0.6) is 17.2 Å². The number of methoxy groups -OCH3 is 1. The number of aryl methyl sites for hydroxylation is 1. The molecule has 29 heavy (non-hydrogen) atoms. The number of nitrogens with zero attached hydrogens (tertiary/aromatic N) is 2.